The predicted octanol–water partition coefficient (Wildman–Crippen LogP) is 0.501. The number of rotatable bonds is 2. The first-order chi connectivity index (χ1) is 13.3. The van der Waals surface area contributed by atoms with E-state index in [1.807, 2.05) is 13.8 Å². The number of Topliss-reactive ketones (excluding diaryl/α,β-unsaturated/α-hetero) is 1. The van der Waals surface area contributed by atoms with E-state index < -0.39 is 58.0 Å². The van der Waals surface area contributed by atoms with Gasteiger partial charge < -0.3 is 25.2 Å². The fourth-order valence-electron chi connectivity index (χ4n) is 6.70. The molecule has 160 valence electrons. The topological polar surface area (TPSA) is 124 Å². The normalized spacial score (nSPS) is 49.8. The van der Waals surface area contributed by atoms with Crippen molar-refractivity contribution in [3.05, 3.63) is 23.3 Å². The lowest BCUT2D eigenvalue weighted by Crippen LogP contribution is -2.65. The molecule has 4 N–H and O–H groups in total. The summed E-state index contributed by atoms with van der Waals surface area (Å²) >= 11 is 0. The maximum Gasteiger partial charge on any atom is 0.302 e. The zero-order chi connectivity index (χ0) is 21.7. The molecule has 4 aliphatic carbocycles. The van der Waals surface area contributed by atoms with E-state index in [1.165, 1.54) is 6.92 Å². The Hall–Kier alpha value is -1.54. The van der Waals surface area contributed by atoms with E-state index in [0.29, 0.717) is 5.57 Å². The molecule has 0 aromatic carbocycles. The lowest BCUT2D eigenvalue weighted by Gasteiger charge is -2.48. The van der Waals surface area contributed by atoms with Gasteiger partial charge in [0.25, 0.3) is 0 Å². The molecular formula is C22H30O7. The Morgan fingerprint density at radius 2 is 1.86 bits per heavy atom. The summed E-state index contributed by atoms with van der Waals surface area (Å²) in [7, 11) is 0. The average molecular weight is 406 g/mol. The Morgan fingerprint density at radius 3 is 2.45 bits per heavy atom. The van der Waals surface area contributed by atoms with Gasteiger partial charge in [-0.2, -0.15) is 0 Å². The number of allylic oxidation sites excluding steroid dienone is 1. The maximum absolute atomic E-state index is 14.0. The van der Waals surface area contributed by atoms with Crippen LogP contribution in [0.4, 0.5) is 0 Å². The Balaban J connectivity index is 1.95. The highest BCUT2D eigenvalue weighted by atomic mass is 16.5. The molecule has 2 fully saturated rings. The van der Waals surface area contributed by atoms with Gasteiger partial charge in [-0.25, -0.2) is 0 Å². The number of ketones is 1. The van der Waals surface area contributed by atoms with E-state index in [2.05, 4.69) is 0 Å². The fraction of sp³-hybridized carbons (Fsp3) is 0.727. The zero-order valence-corrected chi connectivity index (χ0v) is 17.5. The smallest absolute Gasteiger partial charge is 0.302 e. The predicted molar refractivity (Wildman–Crippen MR) is 102 cm³/mol. The Labute approximate surface area is 170 Å². The van der Waals surface area contributed by atoms with Crippen LogP contribution in [-0.4, -0.2) is 62.2 Å². The van der Waals surface area contributed by atoms with Crippen molar-refractivity contribution in [1.82, 2.24) is 0 Å². The number of fused-ring (bicyclic) bond motifs is 3. The van der Waals surface area contributed by atoms with Crippen molar-refractivity contribution in [1.29, 1.82) is 0 Å². The molecule has 0 aromatic heterocycles. The van der Waals surface area contributed by atoms with Crippen molar-refractivity contribution >= 4 is 11.8 Å². The third kappa shape index (κ3) is 2.17. The van der Waals surface area contributed by atoms with Crippen LogP contribution < -0.4 is 0 Å². The standard InChI is InChI=1S/C22H30O7/c1-10-7-20-11(2)8-21(27)15(19(21,4)5)14(18(20)26)6-13(9-29-12(3)23)17(25)22(20,28)16(10)24/h6-7,11,14-17,24-25,27-28H,8-9H2,1-5H3/t11-,14+,15-,16+,17-,20+,21+,22-/m1/s1. The number of hydrogen-bond acceptors (Lipinski definition) is 7. The van der Waals surface area contributed by atoms with Gasteiger partial charge in [0, 0.05) is 24.2 Å². The molecule has 8 atom stereocenters. The maximum atomic E-state index is 14.0. The monoisotopic (exact) mass is 406 g/mol. The van der Waals surface area contributed by atoms with Crippen LogP contribution >= 0.6 is 0 Å². The van der Waals surface area contributed by atoms with Crippen molar-refractivity contribution in [2.45, 2.75) is 64.4 Å². The second-order valence-electron chi connectivity index (χ2n) is 10.0. The number of aliphatic hydroxyl groups excluding tert-OH is 2. The number of carbonyl (C=O) groups is 2. The molecule has 4 aliphatic rings. The Kier molecular flexibility index (Phi) is 4.13. The highest BCUT2D eigenvalue weighted by Crippen LogP contribution is 2.73. The average Bonchev–Trinajstić information content (AvgIpc) is 3.00. The number of esters is 1. The molecule has 1 spiro atoms. The van der Waals surface area contributed by atoms with Gasteiger partial charge in [-0.05, 0) is 30.4 Å². The van der Waals surface area contributed by atoms with Crippen molar-refractivity contribution in [2.24, 2.45) is 28.6 Å². The first-order valence-electron chi connectivity index (χ1n) is 10.1. The highest BCUT2D eigenvalue weighted by Gasteiger charge is 2.81. The molecule has 2 saturated carbocycles. The van der Waals surface area contributed by atoms with Gasteiger partial charge >= 0.3 is 5.97 Å². The minimum Gasteiger partial charge on any atom is -0.461 e. The summed E-state index contributed by atoms with van der Waals surface area (Å²) in [5.41, 5.74) is -4.79. The fourth-order valence-corrected chi connectivity index (χ4v) is 6.70. The Morgan fingerprint density at radius 1 is 1.24 bits per heavy atom. The van der Waals surface area contributed by atoms with Crippen LogP contribution in [0.3, 0.4) is 0 Å². The minimum atomic E-state index is -2.20. The molecule has 4 rings (SSSR count). The SMILES string of the molecule is CC(=O)OCC1=C[C@@H]2C(=O)[C@]3(C=C(C)[C@H](O)[C@@]3(O)[C@@H]1O)[C@H](C)C[C@]1(O)[C@H]2C1(C)C. The lowest BCUT2D eigenvalue weighted by atomic mass is 9.59. The molecule has 7 nitrogen and oxygen atoms in total. The zero-order valence-electron chi connectivity index (χ0n) is 17.5. The molecule has 2 bridgehead atoms. The molecule has 0 heterocycles. The molecule has 7 heteroatoms. The lowest BCUT2D eigenvalue weighted by molar-refractivity contribution is -0.191. The molecule has 29 heavy (non-hydrogen) atoms. The van der Waals surface area contributed by atoms with Crippen molar-refractivity contribution in [2.75, 3.05) is 6.61 Å². The van der Waals surface area contributed by atoms with Crippen molar-refractivity contribution in [3.8, 4) is 0 Å². The first-order valence-corrected chi connectivity index (χ1v) is 10.1. The first kappa shape index (κ1) is 20.7. The summed E-state index contributed by atoms with van der Waals surface area (Å²) in [6.45, 7) is 8.15. The van der Waals surface area contributed by atoms with E-state index in [1.54, 1.807) is 26.0 Å². The van der Waals surface area contributed by atoms with Gasteiger partial charge in [0.05, 0.1) is 11.0 Å². The summed E-state index contributed by atoms with van der Waals surface area (Å²) in [4.78, 5) is 25.3. The van der Waals surface area contributed by atoms with E-state index in [0.717, 1.165) is 0 Å². The number of aliphatic hydroxyl groups is 4. The van der Waals surface area contributed by atoms with Crippen molar-refractivity contribution in [3.63, 3.8) is 0 Å². The molecule has 0 unspecified atom stereocenters. The van der Waals surface area contributed by atoms with Gasteiger partial charge in [0.2, 0.25) is 0 Å². The molecule has 0 aromatic rings. The molecule has 0 saturated heterocycles. The van der Waals surface area contributed by atoms with Crippen LogP contribution in [0.5, 0.6) is 0 Å². The largest absolute Gasteiger partial charge is 0.461 e. The van der Waals surface area contributed by atoms with E-state index in [9.17, 15) is 30.0 Å². The van der Waals surface area contributed by atoms with Crippen LogP contribution in [0.25, 0.3) is 0 Å². The van der Waals surface area contributed by atoms with Crippen LogP contribution in [-0.2, 0) is 14.3 Å². The van der Waals surface area contributed by atoms with Crippen LogP contribution in [0.2, 0.25) is 0 Å². The van der Waals surface area contributed by atoms with Gasteiger partial charge in [0.15, 0.2) is 5.78 Å². The van der Waals surface area contributed by atoms with Gasteiger partial charge in [0.1, 0.15) is 24.4 Å². The van der Waals surface area contributed by atoms with Crippen LogP contribution in [0, 0.1) is 28.6 Å². The van der Waals surface area contributed by atoms with E-state index >= 15 is 0 Å². The molecule has 0 radical (unpaired) electrons. The third-order valence-corrected chi connectivity index (χ3v) is 8.36. The van der Waals surface area contributed by atoms with E-state index in [-0.39, 0.29) is 24.4 Å². The van der Waals surface area contributed by atoms with Gasteiger partial charge in [-0.1, -0.05) is 32.9 Å². The van der Waals surface area contributed by atoms with Crippen LogP contribution in [0.15, 0.2) is 23.3 Å². The number of hydrogen-bond donors (Lipinski definition) is 4. The highest BCUT2D eigenvalue weighted by molar-refractivity contribution is 5.95. The third-order valence-electron chi connectivity index (χ3n) is 8.36. The number of ether oxygens (including phenoxy) is 1. The second kappa shape index (κ2) is 5.78. The molecule has 0 aliphatic heterocycles. The quantitative estimate of drug-likeness (QED) is 0.389. The van der Waals surface area contributed by atoms with Gasteiger partial charge in [-0.3, -0.25) is 9.59 Å². The van der Waals surface area contributed by atoms with Crippen molar-refractivity contribution < 1.29 is 34.8 Å². The summed E-state index contributed by atoms with van der Waals surface area (Å²) in [6.07, 6.45) is 0.345. The summed E-state index contributed by atoms with van der Waals surface area (Å²) in [5, 5.41) is 45.3. The van der Waals surface area contributed by atoms with Gasteiger partial charge in [-0.15, -0.1) is 0 Å². The Bertz CT molecular complexity index is 857. The van der Waals surface area contributed by atoms with E-state index in [4.69, 9.17) is 4.74 Å². The second-order valence-corrected chi connectivity index (χ2v) is 10.0. The minimum absolute atomic E-state index is 0.171. The number of carbonyl (C=O) groups excluding carboxylic acids is 2. The summed E-state index contributed by atoms with van der Waals surface area (Å²) in [6, 6.07) is 0. The molecular weight excluding hydrogens is 376 g/mol. The summed E-state index contributed by atoms with van der Waals surface area (Å²) < 4.78 is 5.08. The van der Waals surface area contributed by atoms with Crippen LogP contribution in [0.1, 0.15) is 41.0 Å². The molecule has 0 amide bonds. The summed E-state index contributed by atoms with van der Waals surface area (Å²) in [5.74, 6) is -2.57.